The van der Waals surface area contributed by atoms with Crippen LogP contribution in [-0.4, -0.2) is 18.2 Å². The number of thioether (sulfide) groups is 1. The lowest BCUT2D eigenvalue weighted by Crippen LogP contribution is -2.34. The first-order chi connectivity index (χ1) is 13.6. The quantitative estimate of drug-likeness (QED) is 0.282. The van der Waals surface area contributed by atoms with Crippen LogP contribution in [0.1, 0.15) is 77.9 Å². The molecule has 0 spiro atoms. The molecule has 2 aromatic carbocycles. The molecule has 0 unspecified atom stereocenters. The summed E-state index contributed by atoms with van der Waals surface area (Å²) >= 11 is 4.63. The zero-order valence-electron chi connectivity index (χ0n) is 17.6. The van der Waals surface area contributed by atoms with Crippen LogP contribution < -0.4 is 0 Å². The number of rotatable bonds is 4. The van der Waals surface area contributed by atoms with Crippen LogP contribution in [0.15, 0.2) is 41.3 Å². The van der Waals surface area contributed by atoms with Crippen molar-refractivity contribution in [2.45, 2.75) is 61.6 Å². The molecule has 0 amide bonds. The molecule has 0 N–H and O–H groups in total. The number of esters is 1. The van der Waals surface area contributed by atoms with Crippen molar-refractivity contribution in [3.05, 3.63) is 64.2 Å². The molecule has 0 fully saturated rings. The molecule has 0 radical (unpaired) electrons. The zero-order valence-corrected chi connectivity index (χ0v) is 20.0. The molecule has 0 saturated carbocycles. The van der Waals surface area contributed by atoms with Crippen LogP contribution in [0.3, 0.4) is 0 Å². The second-order valence-corrected chi connectivity index (χ2v) is 10.4. The summed E-state index contributed by atoms with van der Waals surface area (Å²) in [7, 11) is 1.36. The predicted octanol–water partition coefficient (Wildman–Crippen LogP) is 6.65. The van der Waals surface area contributed by atoms with E-state index in [0.717, 1.165) is 35.1 Å². The van der Waals surface area contributed by atoms with Crippen LogP contribution in [0.5, 0.6) is 0 Å². The number of benzene rings is 2. The van der Waals surface area contributed by atoms with E-state index in [2.05, 4.69) is 55.8 Å². The standard InChI is InChI=1S/C24H27BrO3S/c1-23(2)10-11-24(3,4)19-12-16(8-9-18(19)23)22(27)29-20-13-15(21(26)28-5)6-7-17(20)14-25/h6-9,12-13H,10-11,14H2,1-5H3. The zero-order chi connectivity index (χ0) is 21.4. The van der Waals surface area contributed by atoms with Gasteiger partial charge in [-0.25, -0.2) is 4.79 Å². The lowest BCUT2D eigenvalue weighted by molar-refractivity contribution is 0.0600. The minimum absolute atomic E-state index is 0.0174. The SMILES string of the molecule is COC(=O)c1ccc(CBr)c(SC(=O)c2ccc3c(c2)C(C)(C)CCC3(C)C)c1. The van der Waals surface area contributed by atoms with E-state index < -0.39 is 5.97 Å². The highest BCUT2D eigenvalue weighted by atomic mass is 79.9. The molecular formula is C24H27BrO3S. The highest BCUT2D eigenvalue weighted by Gasteiger charge is 2.37. The third kappa shape index (κ3) is 4.46. The summed E-state index contributed by atoms with van der Waals surface area (Å²) in [6.07, 6.45) is 2.25. The second-order valence-electron chi connectivity index (χ2n) is 8.87. The van der Waals surface area contributed by atoms with Crippen LogP contribution in [0.2, 0.25) is 0 Å². The monoisotopic (exact) mass is 474 g/mol. The molecule has 3 rings (SSSR count). The van der Waals surface area contributed by atoms with Crippen molar-refractivity contribution in [2.24, 2.45) is 0 Å². The topological polar surface area (TPSA) is 43.4 Å². The largest absolute Gasteiger partial charge is 0.465 e. The summed E-state index contributed by atoms with van der Waals surface area (Å²) in [6, 6.07) is 11.4. The van der Waals surface area contributed by atoms with Crippen LogP contribution in [0, 0.1) is 0 Å². The Balaban J connectivity index is 1.96. The number of hydrogen-bond donors (Lipinski definition) is 0. The molecule has 154 valence electrons. The van der Waals surface area contributed by atoms with Gasteiger partial charge in [0.2, 0.25) is 5.12 Å². The van der Waals surface area contributed by atoms with Gasteiger partial charge in [-0.15, -0.1) is 0 Å². The third-order valence-corrected chi connectivity index (χ3v) is 7.55. The maximum atomic E-state index is 13.1. The van der Waals surface area contributed by atoms with Gasteiger partial charge in [0.25, 0.3) is 0 Å². The molecule has 0 bridgehead atoms. The van der Waals surface area contributed by atoms with E-state index in [9.17, 15) is 9.59 Å². The van der Waals surface area contributed by atoms with Crippen LogP contribution >= 0.6 is 27.7 Å². The van der Waals surface area contributed by atoms with Crippen molar-refractivity contribution in [2.75, 3.05) is 7.11 Å². The number of ether oxygens (including phenoxy) is 1. The molecule has 0 aromatic heterocycles. The molecule has 5 heteroatoms. The first-order valence-electron chi connectivity index (χ1n) is 9.73. The minimum atomic E-state index is -0.404. The summed E-state index contributed by atoms with van der Waals surface area (Å²) in [5, 5.41) is 0.589. The Morgan fingerprint density at radius 1 is 0.966 bits per heavy atom. The van der Waals surface area contributed by atoms with E-state index in [4.69, 9.17) is 4.74 Å². The summed E-state index contributed by atoms with van der Waals surface area (Å²) < 4.78 is 4.81. The van der Waals surface area contributed by atoms with Crippen molar-refractivity contribution in [1.29, 1.82) is 0 Å². The van der Waals surface area contributed by atoms with Crippen LogP contribution in [0.25, 0.3) is 0 Å². The molecule has 1 aliphatic carbocycles. The average Bonchev–Trinajstić information content (AvgIpc) is 2.70. The van der Waals surface area contributed by atoms with E-state index in [1.54, 1.807) is 12.1 Å². The second kappa shape index (κ2) is 8.27. The van der Waals surface area contributed by atoms with Crippen molar-refractivity contribution >= 4 is 38.8 Å². The van der Waals surface area contributed by atoms with Gasteiger partial charge in [0.15, 0.2) is 0 Å². The Kier molecular flexibility index (Phi) is 6.30. The maximum absolute atomic E-state index is 13.1. The molecule has 3 nitrogen and oxygen atoms in total. The Labute approximate surface area is 185 Å². The Morgan fingerprint density at radius 3 is 2.21 bits per heavy atom. The molecule has 29 heavy (non-hydrogen) atoms. The van der Waals surface area contributed by atoms with Crippen molar-refractivity contribution in [3.8, 4) is 0 Å². The van der Waals surface area contributed by atoms with Gasteiger partial charge < -0.3 is 4.74 Å². The lowest BCUT2D eigenvalue weighted by atomic mass is 9.63. The molecule has 1 aliphatic rings. The lowest BCUT2D eigenvalue weighted by Gasteiger charge is -2.42. The number of halogens is 1. The normalized spacial score (nSPS) is 16.8. The first-order valence-corrected chi connectivity index (χ1v) is 11.7. The van der Waals surface area contributed by atoms with Gasteiger partial charge >= 0.3 is 5.97 Å². The van der Waals surface area contributed by atoms with E-state index in [1.165, 1.54) is 18.2 Å². The van der Waals surface area contributed by atoms with Gasteiger partial charge in [0, 0.05) is 15.8 Å². The smallest absolute Gasteiger partial charge is 0.337 e. The van der Waals surface area contributed by atoms with Gasteiger partial charge in [-0.05, 0) is 70.3 Å². The van der Waals surface area contributed by atoms with Gasteiger partial charge in [-0.1, -0.05) is 61.8 Å². The number of fused-ring (bicyclic) bond motifs is 1. The van der Waals surface area contributed by atoms with Gasteiger partial charge in [-0.3, -0.25) is 4.79 Å². The predicted molar refractivity (Wildman–Crippen MR) is 122 cm³/mol. The maximum Gasteiger partial charge on any atom is 0.337 e. The van der Waals surface area contributed by atoms with Crippen LogP contribution in [0.4, 0.5) is 0 Å². The van der Waals surface area contributed by atoms with Crippen molar-refractivity contribution < 1.29 is 14.3 Å². The van der Waals surface area contributed by atoms with Gasteiger partial charge in [-0.2, -0.15) is 0 Å². The van der Waals surface area contributed by atoms with E-state index in [0.29, 0.717) is 16.5 Å². The summed E-state index contributed by atoms with van der Waals surface area (Å²) in [5.74, 6) is -0.404. The molecule has 0 saturated heterocycles. The van der Waals surface area contributed by atoms with E-state index in [1.807, 2.05) is 12.1 Å². The van der Waals surface area contributed by atoms with Crippen molar-refractivity contribution in [1.82, 2.24) is 0 Å². The molecule has 0 atom stereocenters. The summed E-state index contributed by atoms with van der Waals surface area (Å²) in [4.78, 5) is 25.8. The number of carbonyl (C=O) groups is 2. The Bertz CT molecular complexity index is 963. The number of carbonyl (C=O) groups excluding carboxylic acids is 2. The van der Waals surface area contributed by atoms with Crippen molar-refractivity contribution in [3.63, 3.8) is 0 Å². The molecule has 0 heterocycles. The van der Waals surface area contributed by atoms with E-state index >= 15 is 0 Å². The fourth-order valence-corrected chi connectivity index (χ4v) is 5.46. The average molecular weight is 475 g/mol. The van der Waals surface area contributed by atoms with Crippen LogP contribution in [-0.2, 0) is 20.9 Å². The van der Waals surface area contributed by atoms with Gasteiger partial charge in [0.1, 0.15) is 0 Å². The third-order valence-electron chi connectivity index (χ3n) is 5.92. The minimum Gasteiger partial charge on any atom is -0.465 e. The van der Waals surface area contributed by atoms with Gasteiger partial charge in [0.05, 0.1) is 12.7 Å². The fraction of sp³-hybridized carbons (Fsp3) is 0.417. The highest BCUT2D eigenvalue weighted by Crippen LogP contribution is 2.46. The fourth-order valence-electron chi connectivity index (χ4n) is 3.88. The molecule has 0 aliphatic heterocycles. The highest BCUT2D eigenvalue weighted by molar-refractivity contribution is 9.08. The summed E-state index contributed by atoms with van der Waals surface area (Å²) in [6.45, 7) is 9.06. The van der Waals surface area contributed by atoms with E-state index in [-0.39, 0.29) is 15.9 Å². The molecule has 2 aromatic rings. The number of alkyl halides is 1. The first kappa shape index (κ1) is 22.1. The summed E-state index contributed by atoms with van der Waals surface area (Å²) in [5.41, 5.74) is 4.89. The number of hydrogen-bond acceptors (Lipinski definition) is 4. The Morgan fingerprint density at radius 2 is 1.59 bits per heavy atom. The molecular weight excluding hydrogens is 448 g/mol. The number of methoxy groups -OCH3 is 1. The Hall–Kier alpha value is -1.59.